The number of aryl methyl sites for hydroxylation is 1. The summed E-state index contributed by atoms with van der Waals surface area (Å²) in [6.45, 7) is 7.77. The van der Waals surface area contributed by atoms with Crippen LogP contribution in [0.5, 0.6) is 0 Å². The lowest BCUT2D eigenvalue weighted by atomic mass is 9.95. The number of hydrogen-bond donors (Lipinski definition) is 1. The number of nitrogens with one attached hydrogen (secondary N) is 1. The monoisotopic (exact) mass is 268 g/mol. The van der Waals surface area contributed by atoms with Crippen LogP contribution in [0, 0.1) is 0 Å². The smallest absolute Gasteiger partial charge is 0.326 e. The molecular formula is C13H24N4O2. The third kappa shape index (κ3) is 4.98. The Hall–Kier alpha value is -1.43. The molecule has 1 unspecified atom stereocenters. The summed E-state index contributed by atoms with van der Waals surface area (Å²) in [6, 6.07) is 0. The molecule has 1 rings (SSSR count). The highest BCUT2D eigenvalue weighted by Crippen LogP contribution is 2.15. The van der Waals surface area contributed by atoms with E-state index in [1.54, 1.807) is 11.0 Å². The van der Waals surface area contributed by atoms with Crippen molar-refractivity contribution in [1.82, 2.24) is 20.1 Å². The maximum atomic E-state index is 12.0. The Morgan fingerprint density at radius 3 is 2.84 bits per heavy atom. The van der Waals surface area contributed by atoms with E-state index in [-0.39, 0.29) is 5.97 Å². The van der Waals surface area contributed by atoms with Crippen LogP contribution in [0.2, 0.25) is 0 Å². The molecule has 0 aliphatic heterocycles. The fraction of sp³-hybridized carbons (Fsp3) is 0.769. The fourth-order valence-electron chi connectivity index (χ4n) is 1.90. The number of aromatic nitrogens is 3. The highest BCUT2D eigenvalue weighted by atomic mass is 16.5. The summed E-state index contributed by atoms with van der Waals surface area (Å²) in [5.74, 6) is -0.179. The van der Waals surface area contributed by atoms with Crippen molar-refractivity contribution >= 4 is 5.97 Å². The summed E-state index contributed by atoms with van der Waals surface area (Å²) in [5.41, 5.74) is -0.618. The molecule has 0 aliphatic rings. The standard InChI is InChI=1S/C13H24N4O2/c1-4-8-15-13(3,12(18)19-5-2)7-6-9-17-11-14-10-16-17/h10-11,15H,4-9H2,1-3H3. The first-order valence-electron chi connectivity index (χ1n) is 6.87. The lowest BCUT2D eigenvalue weighted by molar-refractivity contribution is -0.150. The van der Waals surface area contributed by atoms with Gasteiger partial charge in [-0.1, -0.05) is 6.92 Å². The minimum atomic E-state index is -0.618. The van der Waals surface area contributed by atoms with Crippen molar-refractivity contribution in [2.24, 2.45) is 0 Å². The van der Waals surface area contributed by atoms with Crippen molar-refractivity contribution in [3.8, 4) is 0 Å². The second-order valence-electron chi connectivity index (χ2n) is 4.74. The van der Waals surface area contributed by atoms with E-state index in [4.69, 9.17) is 4.74 Å². The summed E-state index contributed by atoms with van der Waals surface area (Å²) >= 11 is 0. The molecule has 1 heterocycles. The van der Waals surface area contributed by atoms with Crippen molar-refractivity contribution in [2.45, 2.75) is 52.1 Å². The Morgan fingerprint density at radius 1 is 1.47 bits per heavy atom. The predicted molar refractivity (Wildman–Crippen MR) is 72.6 cm³/mol. The summed E-state index contributed by atoms with van der Waals surface area (Å²) in [5, 5.41) is 7.34. The number of carbonyl (C=O) groups is 1. The first-order valence-corrected chi connectivity index (χ1v) is 6.87. The molecule has 1 atom stereocenters. The fourth-order valence-corrected chi connectivity index (χ4v) is 1.90. The zero-order valence-electron chi connectivity index (χ0n) is 12.1. The van der Waals surface area contributed by atoms with E-state index >= 15 is 0 Å². The number of rotatable bonds is 9. The van der Waals surface area contributed by atoms with Gasteiger partial charge in [-0.2, -0.15) is 5.10 Å². The van der Waals surface area contributed by atoms with E-state index in [2.05, 4.69) is 22.3 Å². The number of nitrogens with zero attached hydrogens (tertiary/aromatic N) is 3. The molecule has 0 radical (unpaired) electrons. The average Bonchev–Trinajstić information content (AvgIpc) is 2.90. The largest absolute Gasteiger partial charge is 0.465 e. The lowest BCUT2D eigenvalue weighted by Gasteiger charge is -2.28. The van der Waals surface area contributed by atoms with Crippen molar-refractivity contribution in [3.63, 3.8) is 0 Å². The number of carbonyl (C=O) groups excluding carboxylic acids is 1. The average molecular weight is 268 g/mol. The summed E-state index contributed by atoms with van der Waals surface area (Å²) < 4.78 is 6.92. The van der Waals surface area contributed by atoms with Crippen LogP contribution in [0.3, 0.4) is 0 Å². The van der Waals surface area contributed by atoms with Gasteiger partial charge in [0.05, 0.1) is 6.61 Å². The van der Waals surface area contributed by atoms with Gasteiger partial charge in [0.25, 0.3) is 0 Å². The van der Waals surface area contributed by atoms with Gasteiger partial charge in [0.2, 0.25) is 0 Å². The number of ether oxygens (including phenoxy) is 1. The van der Waals surface area contributed by atoms with Gasteiger partial charge in [-0.05, 0) is 39.7 Å². The Bertz CT molecular complexity index is 367. The van der Waals surface area contributed by atoms with Crippen molar-refractivity contribution in [2.75, 3.05) is 13.2 Å². The van der Waals surface area contributed by atoms with Gasteiger partial charge < -0.3 is 10.1 Å². The van der Waals surface area contributed by atoms with Crippen LogP contribution in [-0.2, 0) is 16.1 Å². The topological polar surface area (TPSA) is 69.0 Å². The van der Waals surface area contributed by atoms with Crippen LogP contribution in [0.15, 0.2) is 12.7 Å². The van der Waals surface area contributed by atoms with Gasteiger partial charge in [-0.3, -0.25) is 9.48 Å². The SMILES string of the molecule is CCCNC(C)(CCCn1cncn1)C(=O)OCC. The van der Waals surface area contributed by atoms with Crippen molar-refractivity contribution < 1.29 is 9.53 Å². The molecule has 1 N–H and O–H groups in total. The van der Waals surface area contributed by atoms with E-state index in [1.807, 2.05) is 13.8 Å². The van der Waals surface area contributed by atoms with Crippen molar-refractivity contribution in [3.05, 3.63) is 12.7 Å². The van der Waals surface area contributed by atoms with Crippen LogP contribution >= 0.6 is 0 Å². The van der Waals surface area contributed by atoms with E-state index in [0.29, 0.717) is 13.0 Å². The molecule has 6 nitrogen and oxygen atoms in total. The van der Waals surface area contributed by atoms with Gasteiger partial charge in [0.15, 0.2) is 0 Å². The summed E-state index contributed by atoms with van der Waals surface area (Å²) in [7, 11) is 0. The molecule has 0 amide bonds. The van der Waals surface area contributed by atoms with Gasteiger partial charge in [-0.25, -0.2) is 4.98 Å². The Kier molecular flexibility index (Phi) is 6.49. The van der Waals surface area contributed by atoms with E-state index < -0.39 is 5.54 Å². The zero-order valence-corrected chi connectivity index (χ0v) is 12.1. The van der Waals surface area contributed by atoms with Crippen LogP contribution in [0.4, 0.5) is 0 Å². The highest BCUT2D eigenvalue weighted by Gasteiger charge is 2.33. The van der Waals surface area contributed by atoms with E-state index in [1.165, 1.54) is 6.33 Å². The summed E-state index contributed by atoms with van der Waals surface area (Å²) in [6.07, 6.45) is 5.74. The maximum absolute atomic E-state index is 12.0. The number of hydrogen-bond acceptors (Lipinski definition) is 5. The van der Waals surface area contributed by atoms with Crippen molar-refractivity contribution in [1.29, 1.82) is 0 Å². The molecule has 0 saturated carbocycles. The third-order valence-corrected chi connectivity index (χ3v) is 3.02. The van der Waals surface area contributed by atoms with Crippen LogP contribution < -0.4 is 5.32 Å². The maximum Gasteiger partial charge on any atom is 0.326 e. The first-order chi connectivity index (χ1) is 9.12. The quantitative estimate of drug-likeness (QED) is 0.685. The Morgan fingerprint density at radius 2 is 2.26 bits per heavy atom. The van der Waals surface area contributed by atoms with Gasteiger partial charge >= 0.3 is 5.97 Å². The molecule has 1 aromatic heterocycles. The third-order valence-electron chi connectivity index (χ3n) is 3.02. The molecule has 6 heteroatoms. The molecular weight excluding hydrogens is 244 g/mol. The Labute approximate surface area is 114 Å². The molecule has 1 aromatic rings. The summed E-state index contributed by atoms with van der Waals surface area (Å²) in [4.78, 5) is 15.9. The molecule has 0 bridgehead atoms. The molecule has 108 valence electrons. The highest BCUT2D eigenvalue weighted by molar-refractivity contribution is 5.80. The second-order valence-corrected chi connectivity index (χ2v) is 4.74. The second kappa shape index (κ2) is 7.89. The van der Waals surface area contributed by atoms with Gasteiger partial charge in [-0.15, -0.1) is 0 Å². The predicted octanol–water partition coefficient (Wildman–Crippen LogP) is 1.38. The normalized spacial score (nSPS) is 14.1. The lowest BCUT2D eigenvalue weighted by Crippen LogP contribution is -2.50. The minimum Gasteiger partial charge on any atom is -0.465 e. The number of esters is 1. The molecule has 19 heavy (non-hydrogen) atoms. The molecule has 0 aromatic carbocycles. The minimum absolute atomic E-state index is 0.179. The van der Waals surface area contributed by atoms with Crippen LogP contribution in [-0.4, -0.2) is 39.4 Å². The molecule has 0 fully saturated rings. The molecule has 0 spiro atoms. The molecule has 0 aliphatic carbocycles. The van der Waals surface area contributed by atoms with E-state index in [9.17, 15) is 4.79 Å². The van der Waals surface area contributed by atoms with Gasteiger partial charge in [0.1, 0.15) is 18.2 Å². The first kappa shape index (κ1) is 15.6. The van der Waals surface area contributed by atoms with Crippen LogP contribution in [0.25, 0.3) is 0 Å². The molecule has 0 saturated heterocycles. The van der Waals surface area contributed by atoms with E-state index in [0.717, 1.165) is 25.9 Å². The van der Waals surface area contributed by atoms with Gasteiger partial charge in [0, 0.05) is 6.54 Å². The van der Waals surface area contributed by atoms with Crippen LogP contribution in [0.1, 0.15) is 40.0 Å². The zero-order chi connectivity index (χ0) is 14.1. The Balaban J connectivity index is 2.50.